The number of aromatic nitrogens is 2. The summed E-state index contributed by atoms with van der Waals surface area (Å²) in [6, 6.07) is 0. The SMILES string of the molecule is CN1CCN(Nc2nc[nH]c(=O)c2Cl)CC1. The molecule has 2 heterocycles. The Morgan fingerprint density at radius 3 is 2.81 bits per heavy atom. The third-order valence-electron chi connectivity index (χ3n) is 2.56. The van der Waals surface area contributed by atoms with E-state index in [1.165, 1.54) is 6.33 Å². The van der Waals surface area contributed by atoms with Crippen LogP contribution in [0.3, 0.4) is 0 Å². The molecule has 0 radical (unpaired) electrons. The Morgan fingerprint density at radius 1 is 1.44 bits per heavy atom. The van der Waals surface area contributed by atoms with Crippen molar-refractivity contribution in [2.45, 2.75) is 0 Å². The fraction of sp³-hybridized carbons (Fsp3) is 0.556. The molecular formula is C9H14ClN5O. The number of rotatable bonds is 2. The summed E-state index contributed by atoms with van der Waals surface area (Å²) >= 11 is 5.84. The van der Waals surface area contributed by atoms with Crippen LogP contribution in [0.2, 0.25) is 5.02 Å². The van der Waals surface area contributed by atoms with Crippen LogP contribution in [0, 0.1) is 0 Å². The van der Waals surface area contributed by atoms with Gasteiger partial charge in [0.2, 0.25) is 0 Å². The second kappa shape index (κ2) is 4.82. The molecule has 16 heavy (non-hydrogen) atoms. The number of piperazine rings is 1. The molecule has 0 saturated carbocycles. The van der Waals surface area contributed by atoms with Crippen molar-refractivity contribution in [2.75, 3.05) is 38.7 Å². The largest absolute Gasteiger partial charge is 0.312 e. The fourth-order valence-electron chi connectivity index (χ4n) is 1.53. The van der Waals surface area contributed by atoms with E-state index in [1.54, 1.807) is 0 Å². The summed E-state index contributed by atoms with van der Waals surface area (Å²) in [6.45, 7) is 3.71. The van der Waals surface area contributed by atoms with E-state index in [-0.39, 0.29) is 10.6 Å². The highest BCUT2D eigenvalue weighted by atomic mass is 35.5. The molecule has 2 N–H and O–H groups in total. The molecule has 1 aliphatic heterocycles. The first-order valence-electron chi connectivity index (χ1n) is 5.10. The molecule has 1 aliphatic rings. The molecule has 1 aromatic rings. The predicted octanol–water partition coefficient (Wildman–Crippen LogP) is -0.00240. The van der Waals surface area contributed by atoms with Crippen LogP contribution in [0.4, 0.5) is 5.82 Å². The molecule has 0 spiro atoms. The summed E-state index contributed by atoms with van der Waals surface area (Å²) in [4.78, 5) is 19.9. The molecule has 0 bridgehead atoms. The number of likely N-dealkylation sites (N-methyl/N-ethyl adjacent to an activating group) is 1. The van der Waals surface area contributed by atoms with E-state index in [1.807, 2.05) is 5.01 Å². The molecule has 0 amide bonds. The number of nitrogens with zero attached hydrogens (tertiary/aromatic N) is 3. The van der Waals surface area contributed by atoms with Gasteiger partial charge in [-0.2, -0.15) is 0 Å². The van der Waals surface area contributed by atoms with Crippen LogP contribution in [-0.4, -0.2) is 53.1 Å². The third-order valence-corrected chi connectivity index (χ3v) is 2.91. The Kier molecular flexibility index (Phi) is 3.42. The van der Waals surface area contributed by atoms with Crippen molar-refractivity contribution in [1.82, 2.24) is 19.9 Å². The Labute approximate surface area is 98.2 Å². The topological polar surface area (TPSA) is 64.3 Å². The Balaban J connectivity index is 2.04. The van der Waals surface area contributed by atoms with Crippen LogP contribution in [0.25, 0.3) is 0 Å². The van der Waals surface area contributed by atoms with Crippen molar-refractivity contribution in [1.29, 1.82) is 0 Å². The summed E-state index contributed by atoms with van der Waals surface area (Å²) in [5.74, 6) is 0.412. The van der Waals surface area contributed by atoms with Gasteiger partial charge in [-0.1, -0.05) is 11.6 Å². The Bertz CT molecular complexity index is 413. The van der Waals surface area contributed by atoms with Crippen LogP contribution < -0.4 is 11.0 Å². The Hall–Kier alpha value is -1.11. The lowest BCUT2D eigenvalue weighted by atomic mass is 10.4. The minimum Gasteiger partial charge on any atom is -0.312 e. The average molecular weight is 244 g/mol. The molecular weight excluding hydrogens is 230 g/mol. The van der Waals surface area contributed by atoms with Crippen molar-refractivity contribution in [2.24, 2.45) is 0 Å². The smallest absolute Gasteiger partial charge is 0.271 e. The normalized spacial score (nSPS) is 18.6. The van der Waals surface area contributed by atoms with Gasteiger partial charge in [0, 0.05) is 26.2 Å². The predicted molar refractivity (Wildman–Crippen MR) is 62.6 cm³/mol. The fourth-order valence-corrected chi connectivity index (χ4v) is 1.67. The van der Waals surface area contributed by atoms with Gasteiger partial charge in [-0.25, -0.2) is 9.99 Å². The van der Waals surface area contributed by atoms with Crippen molar-refractivity contribution < 1.29 is 0 Å². The molecule has 0 unspecified atom stereocenters. The molecule has 88 valence electrons. The standard InChI is InChI=1S/C9H14ClN5O/c1-14-2-4-15(5-3-14)13-8-7(10)9(16)12-6-11-8/h6H,2-5H2,1H3,(H2,11,12,13,16). The van der Waals surface area contributed by atoms with Crippen molar-refractivity contribution in [3.05, 3.63) is 21.7 Å². The maximum atomic E-state index is 11.2. The molecule has 6 nitrogen and oxygen atoms in total. The molecule has 0 aromatic carbocycles. The van der Waals surface area contributed by atoms with E-state index in [0.29, 0.717) is 5.82 Å². The van der Waals surface area contributed by atoms with Gasteiger partial charge in [0.05, 0.1) is 6.33 Å². The van der Waals surface area contributed by atoms with E-state index in [9.17, 15) is 4.79 Å². The minimum absolute atomic E-state index is 0.0985. The summed E-state index contributed by atoms with van der Waals surface area (Å²) in [7, 11) is 2.08. The van der Waals surface area contributed by atoms with E-state index >= 15 is 0 Å². The monoisotopic (exact) mass is 243 g/mol. The maximum absolute atomic E-state index is 11.2. The highest BCUT2D eigenvalue weighted by molar-refractivity contribution is 6.32. The molecule has 2 rings (SSSR count). The van der Waals surface area contributed by atoms with Gasteiger partial charge < -0.3 is 15.3 Å². The summed E-state index contributed by atoms with van der Waals surface area (Å²) < 4.78 is 0. The molecule has 0 aliphatic carbocycles. The van der Waals surface area contributed by atoms with Crippen molar-refractivity contribution >= 4 is 17.4 Å². The number of hydrogen-bond donors (Lipinski definition) is 2. The van der Waals surface area contributed by atoms with Gasteiger partial charge in [0.15, 0.2) is 5.82 Å². The summed E-state index contributed by atoms with van der Waals surface area (Å²) in [5.41, 5.74) is 2.73. The minimum atomic E-state index is -0.326. The number of halogens is 1. The molecule has 0 atom stereocenters. The van der Waals surface area contributed by atoms with Crippen molar-refractivity contribution in [3.8, 4) is 0 Å². The number of hydrazine groups is 1. The van der Waals surface area contributed by atoms with Gasteiger partial charge in [-0.05, 0) is 7.05 Å². The van der Waals surface area contributed by atoms with Crippen LogP contribution >= 0.6 is 11.6 Å². The van der Waals surface area contributed by atoms with Gasteiger partial charge in [0.25, 0.3) is 5.56 Å². The zero-order chi connectivity index (χ0) is 11.5. The first-order chi connectivity index (χ1) is 7.66. The highest BCUT2D eigenvalue weighted by Crippen LogP contribution is 2.13. The van der Waals surface area contributed by atoms with Crippen LogP contribution in [0.5, 0.6) is 0 Å². The number of H-pyrrole nitrogens is 1. The lowest BCUT2D eigenvalue weighted by Crippen LogP contribution is -2.47. The summed E-state index contributed by atoms with van der Waals surface area (Å²) in [6.07, 6.45) is 1.34. The van der Waals surface area contributed by atoms with E-state index in [2.05, 4.69) is 27.3 Å². The molecule has 1 aromatic heterocycles. The quantitative estimate of drug-likeness (QED) is 0.766. The zero-order valence-corrected chi connectivity index (χ0v) is 9.79. The van der Waals surface area contributed by atoms with E-state index < -0.39 is 0 Å². The molecule has 1 saturated heterocycles. The third kappa shape index (κ3) is 2.52. The number of anilines is 1. The number of nitrogens with one attached hydrogen (secondary N) is 2. The van der Waals surface area contributed by atoms with Crippen molar-refractivity contribution in [3.63, 3.8) is 0 Å². The van der Waals surface area contributed by atoms with Gasteiger partial charge >= 0.3 is 0 Å². The first kappa shape index (κ1) is 11.4. The van der Waals surface area contributed by atoms with E-state index in [0.717, 1.165) is 26.2 Å². The van der Waals surface area contributed by atoms with Gasteiger partial charge in [-0.15, -0.1) is 0 Å². The van der Waals surface area contributed by atoms with Gasteiger partial charge in [0.1, 0.15) is 5.02 Å². The lowest BCUT2D eigenvalue weighted by molar-refractivity contribution is 0.178. The maximum Gasteiger partial charge on any atom is 0.271 e. The van der Waals surface area contributed by atoms with Crippen LogP contribution in [0.15, 0.2) is 11.1 Å². The number of hydrogen-bond acceptors (Lipinski definition) is 5. The summed E-state index contributed by atoms with van der Waals surface area (Å²) in [5, 5.41) is 2.11. The lowest BCUT2D eigenvalue weighted by Gasteiger charge is -2.32. The van der Waals surface area contributed by atoms with Crippen LogP contribution in [0.1, 0.15) is 0 Å². The van der Waals surface area contributed by atoms with E-state index in [4.69, 9.17) is 11.6 Å². The average Bonchev–Trinajstić information content (AvgIpc) is 2.28. The number of aromatic amines is 1. The first-order valence-corrected chi connectivity index (χ1v) is 5.48. The molecule has 1 fully saturated rings. The second-order valence-electron chi connectivity index (χ2n) is 3.80. The molecule has 7 heteroatoms. The highest BCUT2D eigenvalue weighted by Gasteiger charge is 2.15. The van der Waals surface area contributed by atoms with Crippen LogP contribution in [-0.2, 0) is 0 Å². The Morgan fingerprint density at radius 2 is 2.12 bits per heavy atom. The second-order valence-corrected chi connectivity index (χ2v) is 4.17. The zero-order valence-electron chi connectivity index (χ0n) is 9.03. The van der Waals surface area contributed by atoms with Gasteiger partial charge in [-0.3, -0.25) is 4.79 Å².